The summed E-state index contributed by atoms with van der Waals surface area (Å²) in [5.41, 5.74) is 1.69. The molecule has 3 fully saturated rings. The van der Waals surface area contributed by atoms with E-state index in [1.807, 2.05) is 24.3 Å². The van der Waals surface area contributed by atoms with Crippen LogP contribution in [0.15, 0.2) is 36.4 Å². The topological polar surface area (TPSA) is 85.8 Å². The summed E-state index contributed by atoms with van der Waals surface area (Å²) in [5.74, 6) is 0.751. The zero-order chi connectivity index (χ0) is 25.8. The molecule has 2 aromatic rings. The van der Waals surface area contributed by atoms with Crippen molar-refractivity contribution in [1.29, 1.82) is 0 Å². The van der Waals surface area contributed by atoms with Crippen molar-refractivity contribution in [2.75, 3.05) is 36.0 Å². The highest BCUT2D eigenvalue weighted by molar-refractivity contribution is 5.99. The number of rotatable bonds is 7. The lowest BCUT2D eigenvalue weighted by Gasteiger charge is -2.34. The van der Waals surface area contributed by atoms with Crippen molar-refractivity contribution in [2.45, 2.75) is 69.7 Å². The number of aliphatic carboxylic acids is 1. The second-order valence-corrected chi connectivity index (χ2v) is 10.9. The molecule has 2 atom stereocenters. The van der Waals surface area contributed by atoms with Gasteiger partial charge in [-0.15, -0.1) is 0 Å². The molecule has 1 unspecified atom stereocenters. The molecule has 0 radical (unpaired) electrons. The molecule has 198 valence electrons. The Morgan fingerprint density at radius 2 is 1.70 bits per heavy atom. The predicted molar refractivity (Wildman–Crippen MR) is 142 cm³/mol. The second-order valence-electron chi connectivity index (χ2n) is 10.9. The molecule has 0 spiro atoms. The average Bonchev–Trinajstić information content (AvgIpc) is 3.39. The third-order valence-corrected chi connectivity index (χ3v) is 8.18. The molecule has 5 rings (SSSR count). The lowest BCUT2D eigenvalue weighted by Crippen LogP contribution is -2.38. The van der Waals surface area contributed by atoms with Gasteiger partial charge in [0.15, 0.2) is 0 Å². The fourth-order valence-electron chi connectivity index (χ4n) is 6.19. The van der Waals surface area contributed by atoms with Gasteiger partial charge in [0.1, 0.15) is 17.5 Å². The third-order valence-electron chi connectivity index (χ3n) is 8.18. The lowest BCUT2D eigenvalue weighted by molar-refractivity contribution is -0.138. The van der Waals surface area contributed by atoms with Crippen molar-refractivity contribution in [3.63, 3.8) is 0 Å². The zero-order valence-electron chi connectivity index (χ0n) is 21.4. The lowest BCUT2D eigenvalue weighted by atomic mass is 9.95. The Hall–Kier alpha value is -3.16. The minimum atomic E-state index is -0.765. The van der Waals surface area contributed by atoms with Crippen LogP contribution < -0.4 is 15.1 Å². The number of carbonyl (C=O) groups excluding carboxylic acids is 1. The van der Waals surface area contributed by atoms with Crippen LogP contribution in [-0.2, 0) is 4.79 Å². The molecule has 1 amide bonds. The second kappa shape index (κ2) is 11.5. The molecular formula is C29H37FN4O3. The summed E-state index contributed by atoms with van der Waals surface area (Å²) in [5, 5.41) is 12.5. The summed E-state index contributed by atoms with van der Waals surface area (Å²) in [6, 6.07) is 10.7. The van der Waals surface area contributed by atoms with E-state index in [9.17, 15) is 19.1 Å². The van der Waals surface area contributed by atoms with E-state index in [0.717, 1.165) is 69.4 Å². The number of carbonyl (C=O) groups is 2. The number of carboxylic acid groups (broad SMARTS) is 1. The minimum Gasteiger partial charge on any atom is -0.481 e. The Kier molecular flexibility index (Phi) is 7.91. The van der Waals surface area contributed by atoms with Crippen LogP contribution in [0.25, 0.3) is 0 Å². The van der Waals surface area contributed by atoms with Crippen LogP contribution >= 0.6 is 0 Å². The largest absolute Gasteiger partial charge is 0.481 e. The maximum Gasteiger partial charge on any atom is 0.303 e. The molecule has 3 aliphatic rings. The van der Waals surface area contributed by atoms with Gasteiger partial charge >= 0.3 is 5.97 Å². The van der Waals surface area contributed by atoms with Gasteiger partial charge in [-0.2, -0.15) is 0 Å². The molecule has 1 saturated carbocycles. The first kappa shape index (κ1) is 25.5. The van der Waals surface area contributed by atoms with Gasteiger partial charge < -0.3 is 20.2 Å². The number of aromatic nitrogens is 1. The van der Waals surface area contributed by atoms with Crippen LogP contribution in [0.1, 0.15) is 79.6 Å². The first-order valence-corrected chi connectivity index (χ1v) is 13.8. The number of anilines is 2. The van der Waals surface area contributed by atoms with Crippen LogP contribution in [0.2, 0.25) is 0 Å². The quantitative estimate of drug-likeness (QED) is 0.549. The molecule has 0 bridgehead atoms. The van der Waals surface area contributed by atoms with E-state index in [4.69, 9.17) is 4.98 Å². The Balaban J connectivity index is 1.39. The van der Waals surface area contributed by atoms with Crippen LogP contribution in [-0.4, -0.2) is 54.2 Å². The van der Waals surface area contributed by atoms with Gasteiger partial charge in [0, 0.05) is 44.6 Å². The van der Waals surface area contributed by atoms with Crippen molar-refractivity contribution in [3.05, 3.63) is 53.3 Å². The standard InChI is InChI=1S/C29H37FN4O3/c30-23-10-8-21(9-11-23)22-14-16-34(19-22)28-25(29(37)31-24-6-2-1-3-7-24)12-13-26(32-28)33-15-4-5-20(18-33)17-27(35)36/h8-13,20,22,24H,1-7,14-19H2,(H,31,37)(H,35,36)/t20-,22?/m0/s1. The molecule has 7 nitrogen and oxygen atoms in total. The molecule has 2 N–H and O–H groups in total. The number of amides is 1. The van der Waals surface area contributed by atoms with Crippen LogP contribution in [0.3, 0.4) is 0 Å². The van der Waals surface area contributed by atoms with Crippen molar-refractivity contribution in [3.8, 4) is 0 Å². The van der Waals surface area contributed by atoms with Crippen molar-refractivity contribution in [1.82, 2.24) is 10.3 Å². The summed E-state index contributed by atoms with van der Waals surface area (Å²) in [4.78, 5) is 34.1. The molecule has 3 heterocycles. The van der Waals surface area contributed by atoms with Crippen LogP contribution in [0.5, 0.6) is 0 Å². The molecule has 37 heavy (non-hydrogen) atoms. The van der Waals surface area contributed by atoms with E-state index >= 15 is 0 Å². The summed E-state index contributed by atoms with van der Waals surface area (Å²) < 4.78 is 13.5. The molecule has 1 aromatic carbocycles. The molecule has 2 saturated heterocycles. The zero-order valence-corrected chi connectivity index (χ0v) is 21.4. The maximum atomic E-state index is 13.5. The molecule has 2 aliphatic heterocycles. The van der Waals surface area contributed by atoms with Gasteiger partial charge in [-0.05, 0) is 67.9 Å². The van der Waals surface area contributed by atoms with Gasteiger partial charge in [0.2, 0.25) is 0 Å². The van der Waals surface area contributed by atoms with Gasteiger partial charge in [0.05, 0.1) is 5.56 Å². The van der Waals surface area contributed by atoms with E-state index < -0.39 is 5.97 Å². The molecule has 8 heteroatoms. The highest BCUT2D eigenvalue weighted by Crippen LogP contribution is 2.34. The van der Waals surface area contributed by atoms with Crippen molar-refractivity contribution >= 4 is 23.5 Å². The van der Waals surface area contributed by atoms with Gasteiger partial charge in [-0.25, -0.2) is 9.37 Å². The maximum absolute atomic E-state index is 13.5. The first-order valence-electron chi connectivity index (χ1n) is 13.8. The van der Waals surface area contributed by atoms with E-state index in [1.54, 1.807) is 0 Å². The van der Waals surface area contributed by atoms with Gasteiger partial charge in [-0.1, -0.05) is 31.4 Å². The third kappa shape index (κ3) is 6.22. The first-order chi connectivity index (χ1) is 18.0. The Morgan fingerprint density at radius 1 is 0.919 bits per heavy atom. The van der Waals surface area contributed by atoms with Gasteiger partial charge in [0.25, 0.3) is 5.91 Å². The van der Waals surface area contributed by atoms with E-state index in [-0.39, 0.29) is 36.0 Å². The predicted octanol–water partition coefficient (Wildman–Crippen LogP) is 4.97. The summed E-state index contributed by atoms with van der Waals surface area (Å²) in [6.45, 7) is 2.97. The van der Waals surface area contributed by atoms with Gasteiger partial charge in [-0.3, -0.25) is 9.59 Å². The van der Waals surface area contributed by atoms with Crippen molar-refractivity contribution < 1.29 is 19.1 Å². The van der Waals surface area contributed by atoms with Crippen LogP contribution in [0, 0.1) is 11.7 Å². The number of carboxylic acids is 1. The number of nitrogens with one attached hydrogen (secondary N) is 1. The van der Waals surface area contributed by atoms with Crippen LogP contribution in [0.4, 0.5) is 16.0 Å². The number of piperidine rings is 1. The number of benzene rings is 1. The van der Waals surface area contributed by atoms with E-state index in [1.165, 1.54) is 18.6 Å². The SMILES string of the molecule is O=C(O)C[C@@H]1CCCN(c2ccc(C(=O)NC3CCCCC3)c(N3CCC(c4ccc(F)cc4)C3)n2)C1. The number of halogens is 1. The van der Waals surface area contributed by atoms with Crippen molar-refractivity contribution in [2.24, 2.45) is 5.92 Å². The summed E-state index contributed by atoms with van der Waals surface area (Å²) in [6.07, 6.45) is 8.45. The highest BCUT2D eigenvalue weighted by atomic mass is 19.1. The van der Waals surface area contributed by atoms with E-state index in [0.29, 0.717) is 24.5 Å². The Morgan fingerprint density at radius 3 is 2.46 bits per heavy atom. The minimum absolute atomic E-state index is 0.0754. The monoisotopic (exact) mass is 508 g/mol. The smallest absolute Gasteiger partial charge is 0.303 e. The number of nitrogens with zero attached hydrogens (tertiary/aromatic N) is 3. The summed E-state index contributed by atoms with van der Waals surface area (Å²) in [7, 11) is 0. The summed E-state index contributed by atoms with van der Waals surface area (Å²) >= 11 is 0. The fraction of sp³-hybridized carbons (Fsp3) is 0.552. The normalized spacial score (nSPS) is 22.7. The molecule has 1 aromatic heterocycles. The molecule has 1 aliphatic carbocycles. The Bertz CT molecular complexity index is 1100. The number of hydrogen-bond donors (Lipinski definition) is 2. The fourth-order valence-corrected chi connectivity index (χ4v) is 6.19. The Labute approximate surface area is 218 Å². The number of pyridine rings is 1. The number of hydrogen-bond acceptors (Lipinski definition) is 5. The molecular weight excluding hydrogens is 471 g/mol. The highest BCUT2D eigenvalue weighted by Gasteiger charge is 2.30. The average molecular weight is 509 g/mol. The van der Waals surface area contributed by atoms with E-state index in [2.05, 4.69) is 15.1 Å².